The molecule has 188 valence electrons. The van der Waals surface area contributed by atoms with Gasteiger partial charge in [-0.1, -0.05) is 30.3 Å². The van der Waals surface area contributed by atoms with Crippen LogP contribution in [-0.4, -0.2) is 65.2 Å². The summed E-state index contributed by atoms with van der Waals surface area (Å²) >= 11 is 0. The Bertz CT molecular complexity index is 1020. The van der Waals surface area contributed by atoms with E-state index < -0.39 is 11.9 Å². The molecule has 3 aliphatic rings. The molecule has 2 aromatic rings. The average Bonchev–Trinajstić information content (AvgIpc) is 2.76. The van der Waals surface area contributed by atoms with Gasteiger partial charge in [-0.25, -0.2) is 9.78 Å². The lowest BCUT2D eigenvalue weighted by Gasteiger charge is -2.58. The molecule has 5 rings (SSSR count). The highest BCUT2D eigenvalue weighted by atomic mass is 19.4. The van der Waals surface area contributed by atoms with Gasteiger partial charge in [0.15, 0.2) is 0 Å². The Morgan fingerprint density at radius 2 is 1.71 bits per heavy atom. The Labute approximate surface area is 203 Å². The molecule has 2 aliphatic heterocycles. The van der Waals surface area contributed by atoms with E-state index in [-0.39, 0.29) is 29.7 Å². The minimum atomic E-state index is -4.46. The van der Waals surface area contributed by atoms with Crippen molar-refractivity contribution in [2.45, 2.75) is 57.6 Å². The van der Waals surface area contributed by atoms with E-state index in [2.05, 4.69) is 34.1 Å². The zero-order chi connectivity index (χ0) is 24.8. The van der Waals surface area contributed by atoms with Crippen LogP contribution >= 0.6 is 0 Å². The Morgan fingerprint density at radius 3 is 2.29 bits per heavy atom. The standard InChI is InChI=1S/C26H31F3N4O2/c1-18-13-32(21-8-9-23(30-12-21)26(27,28)29)14-19(2)33(18)24(34)35-22-10-25(11-22)16-31(17-25)15-20-6-4-3-5-7-20/h3-9,12,18-19,22H,10-11,13-17H2,1-2H3/t18-,19-/m1/s1. The number of piperazine rings is 1. The van der Waals surface area contributed by atoms with Crippen molar-refractivity contribution in [2.75, 3.05) is 31.1 Å². The number of benzene rings is 1. The van der Waals surface area contributed by atoms with Crippen molar-refractivity contribution < 1.29 is 22.7 Å². The second-order valence-corrected chi connectivity index (χ2v) is 10.5. The molecule has 1 aliphatic carbocycles. The number of likely N-dealkylation sites (tertiary alicyclic amines) is 1. The van der Waals surface area contributed by atoms with Crippen LogP contribution in [-0.2, 0) is 17.5 Å². The van der Waals surface area contributed by atoms with Crippen LogP contribution in [0.2, 0.25) is 0 Å². The van der Waals surface area contributed by atoms with Gasteiger partial charge in [0.2, 0.25) is 0 Å². The van der Waals surface area contributed by atoms with E-state index >= 15 is 0 Å². The average molecular weight is 489 g/mol. The van der Waals surface area contributed by atoms with Crippen LogP contribution < -0.4 is 4.90 Å². The fourth-order valence-electron chi connectivity index (χ4n) is 5.94. The fraction of sp³-hybridized carbons (Fsp3) is 0.538. The number of rotatable bonds is 4. The smallest absolute Gasteiger partial charge is 0.433 e. The van der Waals surface area contributed by atoms with Gasteiger partial charge in [0.1, 0.15) is 11.8 Å². The van der Waals surface area contributed by atoms with Gasteiger partial charge in [-0.3, -0.25) is 9.80 Å². The number of nitrogens with zero attached hydrogens (tertiary/aromatic N) is 4. The summed E-state index contributed by atoms with van der Waals surface area (Å²) in [6.45, 7) is 7.95. The molecule has 9 heteroatoms. The van der Waals surface area contributed by atoms with Gasteiger partial charge in [0, 0.05) is 38.1 Å². The molecule has 0 radical (unpaired) electrons. The third kappa shape index (κ3) is 4.96. The fourth-order valence-corrected chi connectivity index (χ4v) is 5.94. The summed E-state index contributed by atoms with van der Waals surface area (Å²) in [7, 11) is 0. The topological polar surface area (TPSA) is 48.9 Å². The summed E-state index contributed by atoms with van der Waals surface area (Å²) in [5, 5.41) is 0. The summed E-state index contributed by atoms with van der Waals surface area (Å²) in [4.78, 5) is 22.7. The number of halogens is 3. The highest BCUT2D eigenvalue weighted by Gasteiger charge is 2.54. The summed E-state index contributed by atoms with van der Waals surface area (Å²) in [5.41, 5.74) is 1.32. The maximum absolute atomic E-state index is 13.0. The maximum Gasteiger partial charge on any atom is 0.433 e. The number of pyridine rings is 1. The molecule has 0 N–H and O–H groups in total. The van der Waals surface area contributed by atoms with Gasteiger partial charge in [-0.15, -0.1) is 0 Å². The Morgan fingerprint density at radius 1 is 1.06 bits per heavy atom. The first-order valence-corrected chi connectivity index (χ1v) is 12.2. The minimum Gasteiger partial charge on any atom is -0.446 e. The van der Waals surface area contributed by atoms with Crippen molar-refractivity contribution in [3.8, 4) is 0 Å². The molecular weight excluding hydrogens is 457 g/mol. The number of hydrogen-bond acceptors (Lipinski definition) is 5. The highest BCUT2D eigenvalue weighted by molar-refractivity contribution is 5.69. The van der Waals surface area contributed by atoms with Gasteiger partial charge in [-0.2, -0.15) is 13.2 Å². The molecule has 1 aromatic heterocycles. The first-order chi connectivity index (χ1) is 16.6. The van der Waals surface area contributed by atoms with Gasteiger partial charge < -0.3 is 9.64 Å². The van der Waals surface area contributed by atoms with Crippen molar-refractivity contribution in [3.05, 3.63) is 59.9 Å². The molecule has 0 bridgehead atoms. The van der Waals surface area contributed by atoms with Crippen LogP contribution in [0.4, 0.5) is 23.7 Å². The lowest BCUT2D eigenvalue weighted by molar-refractivity contribution is -0.141. The van der Waals surface area contributed by atoms with Crippen molar-refractivity contribution in [1.29, 1.82) is 0 Å². The predicted octanol–water partition coefficient (Wildman–Crippen LogP) is 4.80. The van der Waals surface area contributed by atoms with E-state index in [0.29, 0.717) is 18.8 Å². The van der Waals surface area contributed by atoms with Crippen LogP contribution in [0, 0.1) is 5.41 Å². The van der Waals surface area contributed by atoms with Crippen LogP contribution in [0.15, 0.2) is 48.7 Å². The van der Waals surface area contributed by atoms with Crippen molar-refractivity contribution in [3.63, 3.8) is 0 Å². The Balaban J connectivity index is 1.09. The summed E-state index contributed by atoms with van der Waals surface area (Å²) in [6.07, 6.45) is -1.73. The first-order valence-electron chi connectivity index (χ1n) is 12.2. The second-order valence-electron chi connectivity index (χ2n) is 10.5. The highest BCUT2D eigenvalue weighted by Crippen LogP contribution is 2.50. The third-order valence-electron chi connectivity index (χ3n) is 7.49. The lowest BCUT2D eigenvalue weighted by Crippen LogP contribution is -2.64. The van der Waals surface area contributed by atoms with E-state index in [1.54, 1.807) is 4.90 Å². The maximum atomic E-state index is 13.0. The SMILES string of the molecule is C[C@@H]1CN(c2ccc(C(F)(F)F)nc2)C[C@@H](C)N1C(=O)OC1CC2(C1)CN(Cc1ccccc1)C2. The first kappa shape index (κ1) is 23.9. The molecular formula is C26H31F3N4O2. The number of hydrogen-bond donors (Lipinski definition) is 0. The van der Waals surface area contributed by atoms with Crippen LogP contribution in [0.3, 0.4) is 0 Å². The zero-order valence-corrected chi connectivity index (χ0v) is 20.0. The molecule has 35 heavy (non-hydrogen) atoms. The predicted molar refractivity (Wildman–Crippen MR) is 126 cm³/mol. The summed E-state index contributed by atoms with van der Waals surface area (Å²) < 4.78 is 44.3. The number of carbonyl (C=O) groups is 1. The molecule has 1 spiro atoms. The molecule has 6 nitrogen and oxygen atoms in total. The third-order valence-corrected chi connectivity index (χ3v) is 7.49. The van der Waals surface area contributed by atoms with Gasteiger partial charge in [-0.05, 0) is 44.4 Å². The Hall–Kier alpha value is -2.81. The van der Waals surface area contributed by atoms with Gasteiger partial charge in [0.25, 0.3) is 0 Å². The number of amides is 1. The second kappa shape index (κ2) is 9.00. The molecule has 2 saturated heterocycles. The number of carbonyl (C=O) groups excluding carboxylic acids is 1. The largest absolute Gasteiger partial charge is 0.446 e. The number of alkyl halides is 3. The molecule has 1 aromatic carbocycles. The van der Waals surface area contributed by atoms with Crippen molar-refractivity contribution in [1.82, 2.24) is 14.8 Å². The normalized spacial score (nSPS) is 24.7. The van der Waals surface area contributed by atoms with E-state index in [4.69, 9.17) is 4.74 Å². The number of anilines is 1. The summed E-state index contributed by atoms with van der Waals surface area (Å²) in [6, 6.07) is 12.6. The monoisotopic (exact) mass is 488 g/mol. The van der Waals surface area contributed by atoms with Gasteiger partial charge in [0.05, 0.1) is 24.0 Å². The quantitative estimate of drug-likeness (QED) is 0.619. The molecule has 1 amide bonds. The van der Waals surface area contributed by atoms with Crippen LogP contribution in [0.5, 0.6) is 0 Å². The van der Waals surface area contributed by atoms with Gasteiger partial charge >= 0.3 is 12.3 Å². The number of aromatic nitrogens is 1. The Kier molecular flexibility index (Phi) is 6.15. The van der Waals surface area contributed by atoms with E-state index in [9.17, 15) is 18.0 Å². The van der Waals surface area contributed by atoms with E-state index in [1.807, 2.05) is 24.8 Å². The van der Waals surface area contributed by atoms with E-state index in [0.717, 1.165) is 38.5 Å². The van der Waals surface area contributed by atoms with E-state index in [1.165, 1.54) is 17.8 Å². The number of ether oxygens (including phenoxy) is 1. The van der Waals surface area contributed by atoms with Crippen molar-refractivity contribution >= 4 is 11.8 Å². The zero-order valence-electron chi connectivity index (χ0n) is 20.0. The molecule has 3 heterocycles. The molecule has 1 saturated carbocycles. The van der Waals surface area contributed by atoms with Crippen LogP contribution in [0.25, 0.3) is 0 Å². The minimum absolute atomic E-state index is 0.0436. The molecule has 3 fully saturated rings. The lowest BCUT2D eigenvalue weighted by atomic mass is 9.61. The molecule has 2 atom stereocenters. The van der Waals surface area contributed by atoms with Crippen molar-refractivity contribution in [2.24, 2.45) is 5.41 Å². The molecule has 0 unspecified atom stereocenters. The van der Waals surface area contributed by atoms with Crippen LogP contribution in [0.1, 0.15) is 37.9 Å². The summed E-state index contributed by atoms with van der Waals surface area (Å²) in [5.74, 6) is 0.